The molecule has 4 aromatic rings. The van der Waals surface area contributed by atoms with Crippen molar-refractivity contribution in [2.45, 2.75) is 13.3 Å². The van der Waals surface area contributed by atoms with Gasteiger partial charge in [0.25, 0.3) is 0 Å². The Morgan fingerprint density at radius 1 is 0.897 bits per heavy atom. The summed E-state index contributed by atoms with van der Waals surface area (Å²) in [6, 6.07) is 21.8. The lowest BCUT2D eigenvalue weighted by molar-refractivity contribution is 0.374. The minimum atomic E-state index is 0.529. The second kappa shape index (κ2) is 8.57. The Labute approximate surface area is 170 Å². The lowest BCUT2D eigenvalue weighted by atomic mass is 9.96. The minimum absolute atomic E-state index is 0.529. The van der Waals surface area contributed by atoms with Crippen LogP contribution in [0.4, 0.5) is 0 Å². The van der Waals surface area contributed by atoms with E-state index in [0.29, 0.717) is 17.4 Å². The van der Waals surface area contributed by atoms with Gasteiger partial charge in [0.2, 0.25) is 5.88 Å². The van der Waals surface area contributed by atoms with Gasteiger partial charge in [-0.25, -0.2) is 4.98 Å². The molecule has 0 unspecified atom stereocenters. The van der Waals surface area contributed by atoms with E-state index in [1.54, 1.807) is 13.3 Å². The Kier molecular flexibility index (Phi) is 5.52. The number of aromatic nitrogens is 2. The molecule has 0 aliphatic carbocycles. The quantitative estimate of drug-likeness (QED) is 0.394. The van der Waals surface area contributed by atoms with Crippen LogP contribution in [0.2, 0.25) is 0 Å². The summed E-state index contributed by atoms with van der Waals surface area (Å²) in [5.41, 5.74) is 4.23. The fourth-order valence-corrected chi connectivity index (χ4v) is 3.26. The number of hydrogen-bond acceptors (Lipinski definition) is 4. The average Bonchev–Trinajstić information content (AvgIpc) is 2.78. The molecule has 2 aromatic heterocycles. The molecule has 4 heteroatoms. The summed E-state index contributed by atoms with van der Waals surface area (Å²) in [5.74, 6) is 1.81. The molecule has 0 radical (unpaired) electrons. The first-order chi connectivity index (χ1) is 14.3. The van der Waals surface area contributed by atoms with E-state index in [0.717, 1.165) is 34.0 Å². The lowest BCUT2D eigenvalue weighted by Crippen LogP contribution is -1.95. The van der Waals surface area contributed by atoms with Crippen LogP contribution in [0, 0.1) is 0 Å². The van der Waals surface area contributed by atoms with Crippen LogP contribution in [0.5, 0.6) is 17.4 Å². The van der Waals surface area contributed by atoms with E-state index in [9.17, 15) is 0 Å². The topological polar surface area (TPSA) is 44.2 Å². The molecule has 2 aromatic carbocycles. The Morgan fingerprint density at radius 2 is 1.76 bits per heavy atom. The van der Waals surface area contributed by atoms with Gasteiger partial charge in [0.05, 0.1) is 12.6 Å². The molecular formula is C25H22N2O2. The Morgan fingerprint density at radius 3 is 2.55 bits per heavy atom. The number of pyridine rings is 2. The van der Waals surface area contributed by atoms with Gasteiger partial charge in [-0.2, -0.15) is 0 Å². The number of para-hydroxylation sites is 1. The van der Waals surface area contributed by atoms with Crippen molar-refractivity contribution in [2.24, 2.45) is 0 Å². The van der Waals surface area contributed by atoms with Crippen molar-refractivity contribution in [1.29, 1.82) is 0 Å². The molecule has 4 rings (SSSR count). The number of allylic oxidation sites excluding steroid dienone is 1. The highest BCUT2D eigenvalue weighted by Crippen LogP contribution is 2.35. The molecule has 0 aliphatic heterocycles. The number of hydrogen-bond donors (Lipinski definition) is 0. The third-order valence-electron chi connectivity index (χ3n) is 4.64. The van der Waals surface area contributed by atoms with Crippen LogP contribution in [-0.4, -0.2) is 17.1 Å². The van der Waals surface area contributed by atoms with Crippen LogP contribution in [-0.2, 0) is 0 Å². The maximum absolute atomic E-state index is 5.89. The molecular weight excluding hydrogens is 360 g/mol. The summed E-state index contributed by atoms with van der Waals surface area (Å²) in [7, 11) is 1.64. The SMILES string of the molecule is CC/C=C(\c1ccc(Oc2ccccn2)c(OC)c1)c1cnc2ccccc2c1. The molecule has 0 saturated heterocycles. The zero-order valence-corrected chi connectivity index (χ0v) is 16.5. The second-order valence-corrected chi connectivity index (χ2v) is 6.58. The van der Waals surface area contributed by atoms with Gasteiger partial charge in [-0.1, -0.05) is 43.3 Å². The molecule has 29 heavy (non-hydrogen) atoms. The predicted molar refractivity (Wildman–Crippen MR) is 116 cm³/mol. The van der Waals surface area contributed by atoms with Gasteiger partial charge in [0.1, 0.15) is 0 Å². The van der Waals surface area contributed by atoms with Gasteiger partial charge < -0.3 is 9.47 Å². The van der Waals surface area contributed by atoms with E-state index in [2.05, 4.69) is 35.1 Å². The molecule has 0 spiro atoms. The van der Waals surface area contributed by atoms with Gasteiger partial charge in [-0.15, -0.1) is 0 Å². The van der Waals surface area contributed by atoms with E-state index in [1.807, 2.05) is 60.8 Å². The van der Waals surface area contributed by atoms with E-state index >= 15 is 0 Å². The van der Waals surface area contributed by atoms with Crippen molar-refractivity contribution in [3.63, 3.8) is 0 Å². The first-order valence-corrected chi connectivity index (χ1v) is 9.61. The highest BCUT2D eigenvalue weighted by atomic mass is 16.5. The zero-order chi connectivity index (χ0) is 20.1. The molecule has 0 bridgehead atoms. The normalized spacial score (nSPS) is 11.4. The smallest absolute Gasteiger partial charge is 0.219 e. The Hall–Kier alpha value is -3.66. The third-order valence-corrected chi connectivity index (χ3v) is 4.64. The standard InChI is InChI=1S/C25H22N2O2/c1-3-8-21(20-15-19-9-4-5-10-22(19)27-17-20)18-12-13-23(24(16-18)28-2)29-25-11-6-7-14-26-25/h4-17H,3H2,1-2H3/b21-8+. The molecule has 0 atom stereocenters. The predicted octanol–water partition coefficient (Wildman–Crippen LogP) is 6.27. The summed E-state index contributed by atoms with van der Waals surface area (Å²) in [6.45, 7) is 2.13. The van der Waals surface area contributed by atoms with E-state index < -0.39 is 0 Å². The highest BCUT2D eigenvalue weighted by Gasteiger charge is 2.12. The van der Waals surface area contributed by atoms with E-state index in [-0.39, 0.29) is 0 Å². The van der Waals surface area contributed by atoms with Gasteiger partial charge in [0, 0.05) is 29.4 Å². The van der Waals surface area contributed by atoms with Crippen molar-refractivity contribution >= 4 is 16.5 Å². The Bertz CT molecular complexity index is 1150. The van der Waals surface area contributed by atoms with Crippen molar-refractivity contribution in [3.8, 4) is 17.4 Å². The third kappa shape index (κ3) is 4.11. The number of ether oxygens (including phenoxy) is 2. The van der Waals surface area contributed by atoms with Gasteiger partial charge in [0.15, 0.2) is 11.5 Å². The fourth-order valence-electron chi connectivity index (χ4n) is 3.26. The molecule has 0 fully saturated rings. The summed E-state index contributed by atoms with van der Waals surface area (Å²) in [4.78, 5) is 8.84. The maximum atomic E-state index is 5.89. The van der Waals surface area contributed by atoms with Crippen LogP contribution >= 0.6 is 0 Å². The molecule has 144 valence electrons. The van der Waals surface area contributed by atoms with Crippen molar-refractivity contribution in [3.05, 3.63) is 96.3 Å². The van der Waals surface area contributed by atoms with Crippen molar-refractivity contribution < 1.29 is 9.47 Å². The van der Waals surface area contributed by atoms with Crippen LogP contribution in [0.25, 0.3) is 16.5 Å². The van der Waals surface area contributed by atoms with Gasteiger partial charge >= 0.3 is 0 Å². The number of fused-ring (bicyclic) bond motifs is 1. The second-order valence-electron chi connectivity index (χ2n) is 6.58. The maximum Gasteiger partial charge on any atom is 0.219 e. The summed E-state index contributed by atoms with van der Waals surface area (Å²) in [6.07, 6.45) is 6.75. The Balaban J connectivity index is 1.72. The highest BCUT2D eigenvalue weighted by molar-refractivity contribution is 5.87. The molecule has 0 amide bonds. The largest absolute Gasteiger partial charge is 0.493 e. The van der Waals surface area contributed by atoms with Crippen molar-refractivity contribution in [1.82, 2.24) is 9.97 Å². The van der Waals surface area contributed by atoms with Crippen LogP contribution in [0.1, 0.15) is 24.5 Å². The first-order valence-electron chi connectivity index (χ1n) is 9.61. The number of methoxy groups -OCH3 is 1. The van der Waals surface area contributed by atoms with Gasteiger partial charge in [-0.05, 0) is 47.9 Å². The summed E-state index contributed by atoms with van der Waals surface area (Å²) >= 11 is 0. The average molecular weight is 382 g/mol. The first kappa shape index (κ1) is 18.7. The van der Waals surface area contributed by atoms with Crippen molar-refractivity contribution in [2.75, 3.05) is 7.11 Å². The van der Waals surface area contributed by atoms with Crippen LogP contribution < -0.4 is 9.47 Å². The van der Waals surface area contributed by atoms with E-state index in [1.165, 1.54) is 0 Å². The minimum Gasteiger partial charge on any atom is -0.493 e. The molecule has 0 aliphatic rings. The van der Waals surface area contributed by atoms with Gasteiger partial charge in [-0.3, -0.25) is 4.98 Å². The van der Waals surface area contributed by atoms with Crippen LogP contribution in [0.3, 0.4) is 0 Å². The number of rotatable bonds is 6. The molecule has 2 heterocycles. The molecule has 4 nitrogen and oxygen atoms in total. The number of benzene rings is 2. The van der Waals surface area contributed by atoms with Crippen LogP contribution in [0.15, 0.2) is 85.2 Å². The fraction of sp³-hybridized carbons (Fsp3) is 0.120. The monoisotopic (exact) mass is 382 g/mol. The summed E-state index contributed by atoms with van der Waals surface area (Å²) < 4.78 is 11.5. The lowest BCUT2D eigenvalue weighted by Gasteiger charge is -2.14. The summed E-state index contributed by atoms with van der Waals surface area (Å²) in [5, 5.41) is 1.12. The molecule has 0 saturated carbocycles. The molecule has 0 N–H and O–H groups in total. The number of nitrogens with zero attached hydrogens (tertiary/aromatic N) is 2. The van der Waals surface area contributed by atoms with E-state index in [4.69, 9.17) is 9.47 Å². The zero-order valence-electron chi connectivity index (χ0n) is 16.5.